The van der Waals surface area contributed by atoms with Crippen LogP contribution < -0.4 is 5.73 Å². The molecule has 2 N–H and O–H groups in total. The lowest BCUT2D eigenvalue weighted by atomic mass is 9.93. The van der Waals surface area contributed by atoms with Gasteiger partial charge in [-0.3, -0.25) is 9.48 Å². The number of ketones is 1. The van der Waals surface area contributed by atoms with E-state index in [9.17, 15) is 4.79 Å². The maximum Gasteiger partial charge on any atom is 0.173 e. The van der Waals surface area contributed by atoms with E-state index in [0.29, 0.717) is 13.0 Å². The van der Waals surface area contributed by atoms with Crippen LogP contribution in [0.3, 0.4) is 0 Å². The number of nitrogens with two attached hydrogens (primary N) is 1. The maximum absolute atomic E-state index is 12.7. The first kappa shape index (κ1) is 17.1. The molecule has 0 radical (unpaired) electrons. The maximum atomic E-state index is 12.7. The largest absolute Gasteiger partial charge is 0.330 e. The zero-order valence-electron chi connectivity index (χ0n) is 13.3. The van der Waals surface area contributed by atoms with Crippen LogP contribution in [0.25, 0.3) is 10.6 Å². The molecule has 24 heavy (non-hydrogen) atoms. The fourth-order valence-electron chi connectivity index (χ4n) is 2.66. The van der Waals surface area contributed by atoms with Gasteiger partial charge in [0.2, 0.25) is 0 Å². The normalized spacial score (nSPS) is 12.3. The quantitative estimate of drug-likeness (QED) is 0.626. The summed E-state index contributed by atoms with van der Waals surface area (Å²) in [4.78, 5) is 14.5. The predicted molar refractivity (Wildman–Crippen MR) is 101 cm³/mol. The highest BCUT2D eigenvalue weighted by Gasteiger charge is 2.20. The highest BCUT2D eigenvalue weighted by atomic mass is 79.9. The molecule has 1 unspecified atom stereocenters. The van der Waals surface area contributed by atoms with E-state index in [1.807, 2.05) is 49.5 Å². The molecule has 0 fully saturated rings. The number of Topliss-reactive ketones (excluding diaryl/α,β-unsaturated/α-hetero) is 1. The van der Waals surface area contributed by atoms with Gasteiger partial charge in [0.1, 0.15) is 0 Å². The first-order chi connectivity index (χ1) is 11.6. The Morgan fingerprint density at radius 3 is 2.71 bits per heavy atom. The van der Waals surface area contributed by atoms with Crippen LogP contribution in [-0.2, 0) is 7.05 Å². The second kappa shape index (κ2) is 7.42. The molecule has 0 aliphatic heterocycles. The monoisotopic (exact) mass is 403 g/mol. The van der Waals surface area contributed by atoms with Crippen molar-refractivity contribution in [2.75, 3.05) is 6.54 Å². The average Bonchev–Trinajstić information content (AvgIpc) is 3.18. The van der Waals surface area contributed by atoms with Crippen molar-refractivity contribution in [1.29, 1.82) is 0 Å². The summed E-state index contributed by atoms with van der Waals surface area (Å²) >= 11 is 5.05. The van der Waals surface area contributed by atoms with Gasteiger partial charge in [-0.25, -0.2) is 0 Å². The molecule has 0 amide bonds. The second-order valence-corrected chi connectivity index (χ2v) is 7.50. The smallest absolute Gasteiger partial charge is 0.173 e. The van der Waals surface area contributed by atoms with Crippen LogP contribution in [0.4, 0.5) is 0 Å². The molecule has 0 saturated carbocycles. The van der Waals surface area contributed by atoms with Gasteiger partial charge in [0.05, 0.1) is 15.4 Å². The number of halogens is 1. The summed E-state index contributed by atoms with van der Waals surface area (Å²) in [5.41, 5.74) is 7.99. The number of aryl methyl sites for hydroxylation is 1. The number of benzene rings is 1. The third-order valence-corrected chi connectivity index (χ3v) is 6.09. The molecule has 0 saturated heterocycles. The summed E-state index contributed by atoms with van der Waals surface area (Å²) in [5, 5.41) is 4.19. The summed E-state index contributed by atoms with van der Waals surface area (Å²) in [6, 6.07) is 13.8. The number of rotatable bonds is 6. The van der Waals surface area contributed by atoms with Gasteiger partial charge in [0, 0.05) is 30.1 Å². The van der Waals surface area contributed by atoms with Crippen LogP contribution in [0.2, 0.25) is 0 Å². The van der Waals surface area contributed by atoms with Crippen molar-refractivity contribution in [3.63, 3.8) is 0 Å². The third kappa shape index (κ3) is 3.50. The zero-order chi connectivity index (χ0) is 17.1. The van der Waals surface area contributed by atoms with Crippen LogP contribution in [-0.4, -0.2) is 22.1 Å². The topological polar surface area (TPSA) is 60.9 Å². The zero-order valence-corrected chi connectivity index (χ0v) is 15.7. The van der Waals surface area contributed by atoms with Gasteiger partial charge in [-0.1, -0.05) is 30.3 Å². The molecule has 1 aromatic carbocycles. The van der Waals surface area contributed by atoms with Crippen molar-refractivity contribution in [2.45, 2.75) is 12.3 Å². The average molecular weight is 404 g/mol. The van der Waals surface area contributed by atoms with Gasteiger partial charge in [-0.15, -0.1) is 11.3 Å². The van der Waals surface area contributed by atoms with Gasteiger partial charge in [0.25, 0.3) is 0 Å². The lowest BCUT2D eigenvalue weighted by Gasteiger charge is -2.13. The number of carbonyl (C=O) groups is 1. The van der Waals surface area contributed by atoms with E-state index >= 15 is 0 Å². The summed E-state index contributed by atoms with van der Waals surface area (Å²) in [6.45, 7) is 0.455. The summed E-state index contributed by atoms with van der Waals surface area (Å²) in [7, 11) is 1.89. The Hall–Kier alpha value is -1.76. The van der Waals surface area contributed by atoms with E-state index in [2.05, 4.69) is 21.0 Å². The molecule has 0 spiro atoms. The van der Waals surface area contributed by atoms with Gasteiger partial charge in [-0.05, 0) is 40.2 Å². The lowest BCUT2D eigenvalue weighted by molar-refractivity contribution is 0.0978. The molecule has 0 bridgehead atoms. The third-order valence-electron chi connectivity index (χ3n) is 4.00. The number of aromatic nitrogens is 2. The van der Waals surface area contributed by atoms with E-state index in [1.54, 1.807) is 10.9 Å². The molecular formula is C18H18BrN3OS. The van der Waals surface area contributed by atoms with Crippen molar-refractivity contribution in [1.82, 2.24) is 9.78 Å². The fourth-order valence-corrected chi connectivity index (χ4v) is 4.55. The molecule has 4 nitrogen and oxygen atoms in total. The van der Waals surface area contributed by atoms with E-state index in [1.165, 1.54) is 11.3 Å². The Kier molecular flexibility index (Phi) is 5.28. The number of hydrogen-bond acceptors (Lipinski definition) is 4. The summed E-state index contributed by atoms with van der Waals surface area (Å²) in [6.07, 6.45) is 2.17. The first-order valence-electron chi connectivity index (χ1n) is 7.66. The van der Waals surface area contributed by atoms with Crippen LogP contribution in [0.1, 0.15) is 27.6 Å². The van der Waals surface area contributed by atoms with E-state index < -0.39 is 0 Å². The van der Waals surface area contributed by atoms with Gasteiger partial charge in [0.15, 0.2) is 5.78 Å². The number of carbonyl (C=O) groups excluding carboxylic acids is 1. The Morgan fingerprint density at radius 1 is 1.33 bits per heavy atom. The Labute approximate surface area is 153 Å². The van der Waals surface area contributed by atoms with Gasteiger partial charge >= 0.3 is 0 Å². The Morgan fingerprint density at radius 2 is 2.08 bits per heavy atom. The molecule has 3 rings (SSSR count). The first-order valence-corrected chi connectivity index (χ1v) is 9.27. The van der Waals surface area contributed by atoms with Crippen molar-refractivity contribution in [3.05, 3.63) is 63.6 Å². The molecule has 6 heteroatoms. The molecule has 3 aromatic rings. The van der Waals surface area contributed by atoms with Gasteiger partial charge < -0.3 is 5.73 Å². The molecule has 124 valence electrons. The van der Waals surface area contributed by atoms with Crippen molar-refractivity contribution >= 4 is 33.0 Å². The molecule has 1 atom stereocenters. The van der Waals surface area contributed by atoms with Crippen molar-refractivity contribution in [2.24, 2.45) is 12.8 Å². The fraction of sp³-hybridized carbons (Fsp3) is 0.222. The molecule has 0 aliphatic carbocycles. The number of hydrogen-bond donors (Lipinski definition) is 1. The second-order valence-electron chi connectivity index (χ2n) is 5.60. The van der Waals surface area contributed by atoms with E-state index in [-0.39, 0.29) is 11.7 Å². The Balaban J connectivity index is 1.82. The molecule has 2 heterocycles. The Bertz CT molecular complexity index is 841. The van der Waals surface area contributed by atoms with E-state index in [4.69, 9.17) is 5.73 Å². The van der Waals surface area contributed by atoms with Crippen molar-refractivity contribution < 1.29 is 4.79 Å². The highest BCUT2D eigenvalue weighted by molar-refractivity contribution is 9.10. The van der Waals surface area contributed by atoms with Crippen LogP contribution in [0, 0.1) is 0 Å². The van der Waals surface area contributed by atoms with E-state index in [0.717, 1.165) is 25.5 Å². The van der Waals surface area contributed by atoms with Gasteiger partial charge in [-0.2, -0.15) is 5.10 Å². The highest BCUT2D eigenvalue weighted by Crippen LogP contribution is 2.37. The van der Waals surface area contributed by atoms with Crippen molar-refractivity contribution in [3.8, 4) is 10.6 Å². The number of nitrogens with zero attached hydrogens (tertiary/aromatic N) is 2. The predicted octanol–water partition coefficient (Wildman–Crippen LogP) is 4.23. The molecular weight excluding hydrogens is 386 g/mol. The minimum atomic E-state index is 0.0414. The van der Waals surface area contributed by atoms with Crippen LogP contribution in [0.5, 0.6) is 0 Å². The SMILES string of the molecule is Cn1nccc1-c1sc(C(=O)CC(CN)c2ccccc2)cc1Br. The summed E-state index contributed by atoms with van der Waals surface area (Å²) in [5.74, 6) is 0.160. The summed E-state index contributed by atoms with van der Waals surface area (Å²) < 4.78 is 2.72. The lowest BCUT2D eigenvalue weighted by Crippen LogP contribution is -2.16. The minimum absolute atomic E-state index is 0.0414. The van der Waals surface area contributed by atoms with Crippen LogP contribution >= 0.6 is 27.3 Å². The van der Waals surface area contributed by atoms with Crippen LogP contribution in [0.15, 0.2) is 53.1 Å². The minimum Gasteiger partial charge on any atom is -0.330 e. The molecule has 0 aliphatic rings. The molecule has 2 aromatic heterocycles. The number of thiophene rings is 1. The standard InChI is InChI=1S/C18H18BrN3OS/c1-22-15(7-8-21-22)18-14(19)10-17(24-18)16(23)9-13(11-20)12-5-3-2-4-6-12/h2-8,10,13H,9,11,20H2,1H3.